The molecule has 0 radical (unpaired) electrons. The maximum absolute atomic E-state index is 5.18. The second-order valence-electron chi connectivity index (χ2n) is 12.8. The third-order valence-electron chi connectivity index (χ3n) is 9.73. The Morgan fingerprint density at radius 3 is 1.71 bits per heavy atom. The minimum Gasteiger partial charge on any atom is -0.208 e. The molecule has 0 saturated heterocycles. The second kappa shape index (κ2) is 12.1. The zero-order valence-electron chi connectivity index (χ0n) is 27.5. The molecule has 0 saturated carbocycles. The molecule has 51 heavy (non-hydrogen) atoms. The Hall–Kier alpha value is -6.49. The average Bonchev–Trinajstić information content (AvgIpc) is 3.59. The van der Waals surface area contributed by atoms with Crippen LogP contribution < -0.4 is 0 Å². The molecule has 0 aliphatic carbocycles. The number of hydrogen-bond donors (Lipinski definition) is 0. The smallest absolute Gasteiger partial charge is 0.165 e. The van der Waals surface area contributed by atoms with Crippen molar-refractivity contribution in [2.45, 2.75) is 0 Å². The molecule has 10 aromatic rings. The lowest BCUT2D eigenvalue weighted by atomic mass is 9.96. The highest BCUT2D eigenvalue weighted by molar-refractivity contribution is 7.26. The highest BCUT2D eigenvalue weighted by Crippen LogP contribution is 2.40. The summed E-state index contributed by atoms with van der Waals surface area (Å²) in [5, 5.41) is 7.28. The normalized spacial score (nSPS) is 11.5. The van der Waals surface area contributed by atoms with Gasteiger partial charge >= 0.3 is 0 Å². The summed E-state index contributed by atoms with van der Waals surface area (Å²) in [6, 6.07) is 62.2. The van der Waals surface area contributed by atoms with Crippen molar-refractivity contribution >= 4 is 53.1 Å². The fourth-order valence-electron chi connectivity index (χ4n) is 7.15. The highest BCUT2D eigenvalue weighted by Gasteiger charge is 2.17. The topological polar surface area (TPSA) is 38.7 Å². The van der Waals surface area contributed by atoms with Gasteiger partial charge in [0.15, 0.2) is 17.5 Å². The molecule has 2 heterocycles. The van der Waals surface area contributed by atoms with Gasteiger partial charge in [-0.2, -0.15) is 0 Å². The van der Waals surface area contributed by atoms with Gasteiger partial charge in [0.05, 0.1) is 0 Å². The molecule has 4 heteroatoms. The lowest BCUT2D eigenvalue weighted by molar-refractivity contribution is 1.08. The fraction of sp³-hybridized carbons (Fsp3) is 0. The molecular weight excluding hydrogens is 639 g/mol. The van der Waals surface area contributed by atoms with Crippen LogP contribution in [0.3, 0.4) is 0 Å². The van der Waals surface area contributed by atoms with Crippen LogP contribution in [0.5, 0.6) is 0 Å². The van der Waals surface area contributed by atoms with Crippen LogP contribution in [0.1, 0.15) is 0 Å². The van der Waals surface area contributed by atoms with Gasteiger partial charge in [-0.05, 0) is 68.1 Å². The van der Waals surface area contributed by atoms with Gasteiger partial charge in [0.25, 0.3) is 0 Å². The minimum absolute atomic E-state index is 0.652. The molecule has 0 N–H and O–H groups in total. The molecule has 2 aromatic heterocycles. The second-order valence-corrected chi connectivity index (χ2v) is 13.9. The number of fused-ring (bicyclic) bond motifs is 5. The van der Waals surface area contributed by atoms with Gasteiger partial charge in [-0.1, -0.05) is 152 Å². The number of thiophene rings is 1. The molecule has 0 atom stereocenters. The van der Waals surface area contributed by atoms with E-state index in [4.69, 9.17) is 15.0 Å². The maximum Gasteiger partial charge on any atom is 0.165 e. The molecule has 0 aliphatic rings. The fourth-order valence-corrected chi connectivity index (χ4v) is 8.36. The van der Waals surface area contributed by atoms with Crippen molar-refractivity contribution < 1.29 is 0 Å². The molecule has 0 fully saturated rings. The van der Waals surface area contributed by atoms with E-state index in [1.807, 2.05) is 6.07 Å². The summed E-state index contributed by atoms with van der Waals surface area (Å²) in [6.45, 7) is 0. The zero-order valence-corrected chi connectivity index (χ0v) is 28.3. The van der Waals surface area contributed by atoms with E-state index in [-0.39, 0.29) is 0 Å². The summed E-state index contributed by atoms with van der Waals surface area (Å²) in [5.41, 5.74) is 7.68. The van der Waals surface area contributed by atoms with Crippen molar-refractivity contribution in [1.82, 2.24) is 15.0 Å². The van der Waals surface area contributed by atoms with Crippen molar-refractivity contribution in [3.05, 3.63) is 176 Å². The zero-order chi connectivity index (χ0) is 33.7. The number of rotatable bonds is 5. The van der Waals surface area contributed by atoms with E-state index in [2.05, 4.69) is 170 Å². The third kappa shape index (κ3) is 5.25. The molecule has 0 amide bonds. The molecule has 10 rings (SSSR count). The molecule has 238 valence electrons. The highest BCUT2D eigenvalue weighted by atomic mass is 32.1. The van der Waals surface area contributed by atoms with E-state index in [0.717, 1.165) is 27.6 Å². The van der Waals surface area contributed by atoms with Crippen molar-refractivity contribution in [2.24, 2.45) is 0 Å². The lowest BCUT2D eigenvalue weighted by Crippen LogP contribution is -2.00. The van der Waals surface area contributed by atoms with Gasteiger partial charge in [-0.3, -0.25) is 0 Å². The van der Waals surface area contributed by atoms with Crippen LogP contribution >= 0.6 is 11.3 Å². The summed E-state index contributed by atoms with van der Waals surface area (Å²) in [6.07, 6.45) is 0. The van der Waals surface area contributed by atoms with Gasteiger partial charge in [0, 0.05) is 36.9 Å². The van der Waals surface area contributed by atoms with E-state index in [1.165, 1.54) is 53.0 Å². The molecule has 8 aromatic carbocycles. The first-order valence-corrected chi connectivity index (χ1v) is 17.9. The molecule has 3 nitrogen and oxygen atoms in total. The standard InChI is InChI=1S/C47H29N3S/c1-2-10-30(11-3-1)31-20-22-33(23-21-31)45-48-46(50-47(49-45)42-18-9-17-41-40-15-6-7-19-43(40)51-44(41)42)37-27-25-34-28-36(26-24-35(34)29-37)39-16-8-13-32-12-4-5-14-38(32)39/h1-29H. The Morgan fingerprint density at radius 2 is 0.863 bits per heavy atom. The number of benzene rings is 8. The van der Waals surface area contributed by atoms with Gasteiger partial charge in [0.1, 0.15) is 0 Å². The monoisotopic (exact) mass is 667 g/mol. The van der Waals surface area contributed by atoms with Crippen molar-refractivity contribution in [3.8, 4) is 56.4 Å². The Morgan fingerprint density at radius 1 is 0.314 bits per heavy atom. The summed E-state index contributed by atoms with van der Waals surface area (Å²) >= 11 is 1.79. The third-order valence-corrected chi connectivity index (χ3v) is 10.9. The molecular formula is C47H29N3S. The first kappa shape index (κ1) is 29.4. The van der Waals surface area contributed by atoms with Crippen LogP contribution in [-0.4, -0.2) is 15.0 Å². The van der Waals surface area contributed by atoms with Crippen LogP contribution in [-0.2, 0) is 0 Å². The summed E-state index contributed by atoms with van der Waals surface area (Å²) < 4.78 is 2.43. The predicted molar refractivity (Wildman–Crippen MR) is 215 cm³/mol. The summed E-state index contributed by atoms with van der Waals surface area (Å²) in [4.78, 5) is 15.4. The molecule has 0 aliphatic heterocycles. The van der Waals surface area contributed by atoms with E-state index in [0.29, 0.717) is 17.5 Å². The van der Waals surface area contributed by atoms with Crippen LogP contribution in [0.25, 0.3) is 98.1 Å². The molecule has 0 bridgehead atoms. The summed E-state index contributed by atoms with van der Waals surface area (Å²) in [7, 11) is 0. The quantitative estimate of drug-likeness (QED) is 0.183. The van der Waals surface area contributed by atoms with Crippen molar-refractivity contribution in [3.63, 3.8) is 0 Å². The Bertz CT molecular complexity index is 2900. The Kier molecular flexibility index (Phi) is 7.00. The van der Waals surface area contributed by atoms with Gasteiger partial charge in [-0.25, -0.2) is 15.0 Å². The summed E-state index contributed by atoms with van der Waals surface area (Å²) in [5.74, 6) is 1.98. The van der Waals surface area contributed by atoms with E-state index in [1.54, 1.807) is 11.3 Å². The molecule has 0 spiro atoms. The van der Waals surface area contributed by atoms with Gasteiger partial charge in [0.2, 0.25) is 0 Å². The van der Waals surface area contributed by atoms with Gasteiger partial charge in [-0.15, -0.1) is 11.3 Å². The molecule has 0 unspecified atom stereocenters. The van der Waals surface area contributed by atoms with Crippen molar-refractivity contribution in [1.29, 1.82) is 0 Å². The van der Waals surface area contributed by atoms with Gasteiger partial charge < -0.3 is 0 Å². The SMILES string of the molecule is c1ccc(-c2ccc(-c3nc(-c4ccc5cc(-c6cccc7ccccc67)ccc5c4)nc(-c4cccc5c4sc4ccccc45)n3)cc2)cc1. The maximum atomic E-state index is 5.18. The number of nitrogens with zero attached hydrogens (tertiary/aromatic N) is 3. The number of aromatic nitrogens is 3. The van der Waals surface area contributed by atoms with Crippen LogP contribution in [0.2, 0.25) is 0 Å². The average molecular weight is 668 g/mol. The van der Waals surface area contributed by atoms with Crippen LogP contribution in [0, 0.1) is 0 Å². The first-order chi connectivity index (χ1) is 25.2. The predicted octanol–water partition coefficient (Wildman–Crippen LogP) is 12.9. The first-order valence-electron chi connectivity index (χ1n) is 17.1. The minimum atomic E-state index is 0.652. The largest absolute Gasteiger partial charge is 0.208 e. The lowest BCUT2D eigenvalue weighted by Gasteiger charge is -2.11. The van der Waals surface area contributed by atoms with E-state index < -0.39 is 0 Å². The van der Waals surface area contributed by atoms with Crippen LogP contribution in [0.15, 0.2) is 176 Å². The Labute approximate surface area is 299 Å². The van der Waals surface area contributed by atoms with E-state index in [9.17, 15) is 0 Å². The number of hydrogen-bond acceptors (Lipinski definition) is 4. The van der Waals surface area contributed by atoms with Crippen molar-refractivity contribution in [2.75, 3.05) is 0 Å². The van der Waals surface area contributed by atoms with Crippen LogP contribution in [0.4, 0.5) is 0 Å². The Balaban J connectivity index is 1.11. The van der Waals surface area contributed by atoms with E-state index >= 15 is 0 Å².